The summed E-state index contributed by atoms with van der Waals surface area (Å²) in [6.07, 6.45) is 2.71. The first kappa shape index (κ1) is 80.6. The number of hydrogen-bond acceptors (Lipinski definition) is 19. The molecule has 29 nitrogen and oxygen atoms in total. The summed E-state index contributed by atoms with van der Waals surface area (Å²) < 4.78 is 20.7. The van der Waals surface area contributed by atoms with Gasteiger partial charge in [-0.1, -0.05) is 161 Å². The number of Topliss-reactive ketones (excluding diaryl/α,β-unsaturated/α-hetero) is 1. The number of carboxylic acid groups (broad SMARTS) is 1. The molecule has 7 amide bonds. The fourth-order valence-corrected chi connectivity index (χ4v) is 14.4. The standard InChI is InChI=1S/C82H99N15O14/c1-47(83-9)72(99)88-70(81(3,4)5)77(104)94-34-32-65-68(94)75(102)85-62(40-51-20-26-53-16-12-14-18-55(53)37-51)67(98)42-57(79(106)107)36-49-22-28-60(29-23-49)110-45-59-44-97(93-91-59)66-33-35-95(78(105)71(82(6,7)8)89-73(100)48(2)84-10)69(66)76(103)86-63(41-52-21-27-54-17-13-15-19-56(54)38-52)74(101)87-64(80(108)109-11)39-50-24-30-61(31-25-50)111-46-58-43-96(65)92-90-58/h12-31,37-38,43-44,47-48,57,62-66,68-71,83-84H,32-36,39-42,45-46H2,1-11H3,(H,85,102)(H,86,103)(H,87,101)(H,88,99)(H,89,100)(H,106,107)/t47-,48-,57+,62-,63-,64-,65+,66+,68-,69-,70+,71+/m0/s1. The van der Waals surface area contributed by atoms with Gasteiger partial charge in [-0.2, -0.15) is 0 Å². The van der Waals surface area contributed by atoms with E-state index in [-0.39, 0.29) is 64.8 Å². The Kier molecular flexibility index (Phi) is 25.4. The Morgan fingerprint density at radius 3 is 1.40 bits per heavy atom. The van der Waals surface area contributed by atoms with Crippen LogP contribution in [0.15, 0.2) is 146 Å². The van der Waals surface area contributed by atoms with Crippen LogP contribution >= 0.6 is 0 Å². The summed E-state index contributed by atoms with van der Waals surface area (Å²) in [4.78, 5) is 149. The molecule has 8 N–H and O–H groups in total. The lowest BCUT2D eigenvalue weighted by atomic mass is 9.85. The molecule has 12 atom stereocenters. The molecule has 0 aliphatic carbocycles. The van der Waals surface area contributed by atoms with Crippen LogP contribution in [0.2, 0.25) is 0 Å². The molecule has 2 aromatic heterocycles. The lowest BCUT2D eigenvalue weighted by Crippen LogP contribution is -2.61. The summed E-state index contributed by atoms with van der Waals surface area (Å²) in [5.74, 6) is -7.42. The van der Waals surface area contributed by atoms with E-state index in [4.69, 9.17) is 14.2 Å². The van der Waals surface area contributed by atoms with Crippen LogP contribution in [-0.4, -0.2) is 193 Å². The van der Waals surface area contributed by atoms with Crippen molar-refractivity contribution in [1.82, 2.24) is 77.0 Å². The zero-order valence-electron chi connectivity index (χ0n) is 64.4. The number of carbonyl (C=O) groups is 10. The zero-order valence-corrected chi connectivity index (χ0v) is 64.4. The monoisotopic (exact) mass is 1520 g/mol. The van der Waals surface area contributed by atoms with Crippen molar-refractivity contribution in [2.24, 2.45) is 16.7 Å². The van der Waals surface area contributed by atoms with Gasteiger partial charge in [-0.3, -0.25) is 43.2 Å². The molecule has 111 heavy (non-hydrogen) atoms. The normalized spacial score (nSPS) is 21.6. The molecule has 8 bridgehead atoms. The summed E-state index contributed by atoms with van der Waals surface area (Å²) >= 11 is 0. The molecule has 0 spiro atoms. The van der Waals surface area contributed by atoms with Crippen molar-refractivity contribution >= 4 is 80.6 Å². The third-order valence-electron chi connectivity index (χ3n) is 21.1. The number of esters is 1. The molecule has 0 unspecified atom stereocenters. The Labute approximate surface area is 644 Å². The maximum Gasteiger partial charge on any atom is 0.328 e. The summed E-state index contributed by atoms with van der Waals surface area (Å²) in [6.45, 7) is 13.9. The van der Waals surface area contributed by atoms with E-state index in [0.29, 0.717) is 45.1 Å². The first-order valence-corrected chi connectivity index (χ1v) is 37.5. The van der Waals surface area contributed by atoms with Crippen molar-refractivity contribution in [2.75, 3.05) is 34.3 Å². The smallest absolute Gasteiger partial charge is 0.328 e. The highest BCUT2D eigenvalue weighted by Crippen LogP contribution is 2.36. The van der Waals surface area contributed by atoms with Crippen molar-refractivity contribution in [3.63, 3.8) is 0 Å². The molecule has 8 aromatic rings. The van der Waals surface area contributed by atoms with Gasteiger partial charge in [-0.25, -0.2) is 14.2 Å². The quantitative estimate of drug-likeness (QED) is 0.0626. The molecule has 8 heterocycles. The number of hydrogen-bond donors (Lipinski definition) is 8. The lowest BCUT2D eigenvalue weighted by molar-refractivity contribution is -0.146. The van der Waals surface area contributed by atoms with E-state index in [2.05, 4.69) is 57.8 Å². The van der Waals surface area contributed by atoms with E-state index in [1.165, 1.54) is 26.3 Å². The van der Waals surface area contributed by atoms with Crippen molar-refractivity contribution in [1.29, 1.82) is 0 Å². The molecule has 0 saturated carbocycles. The second-order valence-corrected chi connectivity index (χ2v) is 31.1. The number of likely N-dealkylation sites (tertiary alicyclic amines) is 2. The summed E-state index contributed by atoms with van der Waals surface area (Å²) in [5.41, 5.74) is 1.34. The van der Waals surface area contributed by atoms with Gasteiger partial charge in [0.25, 0.3) is 0 Å². The first-order chi connectivity index (χ1) is 53.0. The van der Waals surface area contributed by atoms with Crippen molar-refractivity contribution in [3.05, 3.63) is 179 Å². The van der Waals surface area contributed by atoms with E-state index in [0.717, 1.165) is 21.5 Å². The van der Waals surface area contributed by atoms with E-state index >= 15 is 28.8 Å². The van der Waals surface area contributed by atoms with Gasteiger partial charge in [0.2, 0.25) is 41.4 Å². The number of ether oxygens (including phenoxy) is 3. The number of likely N-dealkylation sites (N-methyl/N-ethyl adjacent to an activating group) is 2. The highest BCUT2D eigenvalue weighted by Gasteiger charge is 2.51. The zero-order chi connectivity index (χ0) is 79.6. The van der Waals surface area contributed by atoms with Gasteiger partial charge >= 0.3 is 11.9 Å². The van der Waals surface area contributed by atoms with E-state index < -0.39 is 149 Å². The summed E-state index contributed by atoms with van der Waals surface area (Å²) in [6, 6.07) is 27.8. The molecule has 586 valence electrons. The Balaban J connectivity index is 0.947. The molecule has 0 radical (unpaired) electrons. The minimum atomic E-state index is -1.38. The predicted molar refractivity (Wildman–Crippen MR) is 411 cm³/mol. The maximum atomic E-state index is 15.6. The van der Waals surface area contributed by atoms with Crippen LogP contribution in [0.5, 0.6) is 11.5 Å². The minimum absolute atomic E-state index is 0.0168. The largest absolute Gasteiger partial charge is 0.487 e. The summed E-state index contributed by atoms with van der Waals surface area (Å²) in [7, 11) is 4.44. The number of benzene rings is 6. The van der Waals surface area contributed by atoms with Crippen LogP contribution in [0.3, 0.4) is 0 Å². The third-order valence-corrected chi connectivity index (χ3v) is 21.1. The molecular weight excluding hydrogens is 1420 g/mol. The second-order valence-electron chi connectivity index (χ2n) is 31.1. The molecule has 2 saturated heterocycles. The number of nitrogens with one attached hydrogen (secondary N) is 7. The molecule has 2 fully saturated rings. The van der Waals surface area contributed by atoms with Crippen molar-refractivity contribution in [2.45, 2.75) is 180 Å². The van der Waals surface area contributed by atoms with Crippen LogP contribution in [-0.2, 0) is 91.6 Å². The number of carboxylic acids is 1. The fourth-order valence-electron chi connectivity index (χ4n) is 14.4. The highest BCUT2D eigenvalue weighted by atomic mass is 16.5. The molecular formula is C82H99N15O14. The Bertz CT molecular complexity index is 4720. The number of aromatic nitrogens is 6. The van der Waals surface area contributed by atoms with Gasteiger partial charge in [0, 0.05) is 32.4 Å². The van der Waals surface area contributed by atoms with E-state index in [1.807, 2.05) is 84.9 Å². The van der Waals surface area contributed by atoms with Gasteiger partial charge in [0.15, 0.2) is 5.78 Å². The van der Waals surface area contributed by atoms with Crippen LogP contribution in [0, 0.1) is 16.7 Å². The number of methoxy groups -OCH3 is 1. The fraction of sp³-hybridized carbons (Fsp3) is 0.439. The van der Waals surface area contributed by atoms with E-state index in [1.54, 1.807) is 130 Å². The van der Waals surface area contributed by atoms with Gasteiger partial charge < -0.3 is 66.3 Å². The Hall–Kier alpha value is -11.5. The van der Waals surface area contributed by atoms with Crippen molar-refractivity contribution in [3.8, 4) is 11.5 Å². The number of rotatable bonds is 14. The number of carbonyl (C=O) groups excluding carboxylic acids is 9. The van der Waals surface area contributed by atoms with Gasteiger partial charge in [0.1, 0.15) is 72.4 Å². The topological polar surface area (TPSA) is 371 Å². The third kappa shape index (κ3) is 19.6. The highest BCUT2D eigenvalue weighted by molar-refractivity contribution is 5.99. The molecule has 6 aliphatic heterocycles. The number of amides is 7. The number of nitrogens with zero attached hydrogens (tertiary/aromatic N) is 8. The number of aliphatic carboxylic acids is 1. The molecule has 6 aliphatic rings. The Morgan fingerprint density at radius 2 is 0.973 bits per heavy atom. The van der Waals surface area contributed by atoms with Gasteiger partial charge in [-0.15, -0.1) is 10.2 Å². The predicted octanol–water partition coefficient (Wildman–Crippen LogP) is 5.47. The van der Waals surface area contributed by atoms with Crippen LogP contribution in [0.1, 0.15) is 120 Å². The Morgan fingerprint density at radius 1 is 0.550 bits per heavy atom. The van der Waals surface area contributed by atoms with E-state index in [9.17, 15) is 24.3 Å². The number of ketones is 1. The SMILES string of the molecule is CN[C@@H](C)C(=O)N[C@H](C(=O)N1CC[C@@H]2[C@H]1C(=O)N[C@@H](Cc1ccc3ccccc3c1)C(=O)C[C@H](C(=O)O)Cc1ccc(cc1)OCc1cn(nn1)[C@@H]1CCN(C(=O)[C@@H](NC(=O)[C@H](C)NC)C(C)(C)C)[C@@H]1C(=O)N[C@@H](Cc1ccc3ccccc3c1)C(=O)N[C@H](C(=O)OC)Cc1ccc(cc1)OCc1cn2nn1)C(C)(C)C. The second kappa shape index (κ2) is 35.1. The average Bonchev–Trinajstić information content (AvgIpc) is 1.64. The molecule has 14 rings (SSSR count). The summed E-state index contributed by atoms with van der Waals surface area (Å²) in [5, 5.41) is 52.8. The first-order valence-electron chi connectivity index (χ1n) is 37.5. The van der Waals surface area contributed by atoms with Crippen LogP contribution in [0.25, 0.3) is 21.5 Å². The van der Waals surface area contributed by atoms with Gasteiger partial charge in [-0.05, 0) is 133 Å². The van der Waals surface area contributed by atoms with Crippen molar-refractivity contribution < 1.29 is 67.3 Å². The van der Waals surface area contributed by atoms with Crippen LogP contribution in [0.4, 0.5) is 0 Å². The number of fused-ring (bicyclic) bond motifs is 2. The lowest BCUT2D eigenvalue weighted by Gasteiger charge is -2.37. The minimum Gasteiger partial charge on any atom is -0.487 e. The van der Waals surface area contributed by atoms with Gasteiger partial charge in [0.05, 0.1) is 55.6 Å². The van der Waals surface area contributed by atoms with Crippen LogP contribution < -0.4 is 46.7 Å². The molecule has 6 aromatic carbocycles. The maximum absolute atomic E-state index is 15.6. The average molecular weight is 1520 g/mol. The molecule has 29 heteroatoms.